The smallest absolute Gasteiger partial charge is 0.264 e. The Hall–Kier alpha value is -2.55. The molecule has 0 bridgehead atoms. The lowest BCUT2D eigenvalue weighted by molar-refractivity contribution is -0.117. The van der Waals surface area contributed by atoms with E-state index in [-0.39, 0.29) is 11.8 Å². The van der Waals surface area contributed by atoms with Crippen LogP contribution in [-0.4, -0.2) is 59.3 Å². The quantitative estimate of drug-likeness (QED) is 0.677. The summed E-state index contributed by atoms with van der Waals surface area (Å²) < 4.78 is 0. The molecule has 3 aromatic rings. The van der Waals surface area contributed by atoms with Gasteiger partial charge in [-0.25, -0.2) is 4.98 Å². The number of aryl methyl sites for hydroxylation is 1. The van der Waals surface area contributed by atoms with Crippen LogP contribution in [0.2, 0.25) is 0 Å². The van der Waals surface area contributed by atoms with E-state index in [0.29, 0.717) is 32.7 Å². The monoisotopic (exact) mass is 426 g/mol. The Morgan fingerprint density at radius 2 is 1.93 bits per heavy atom. The van der Waals surface area contributed by atoms with Gasteiger partial charge in [-0.3, -0.25) is 14.5 Å². The third-order valence-electron chi connectivity index (χ3n) is 4.82. The first kappa shape index (κ1) is 19.8. The average Bonchev–Trinajstić information content (AvgIpc) is 3.40. The SMILES string of the molecule is Cc1nc(-c2cccc(NC(=O)CN3CCN(C(=O)c4cccs4)CC3)c2)cs1. The zero-order valence-corrected chi connectivity index (χ0v) is 17.8. The number of carbonyl (C=O) groups is 2. The van der Waals surface area contributed by atoms with Gasteiger partial charge in [0.2, 0.25) is 5.91 Å². The molecule has 1 saturated heterocycles. The molecular weight excluding hydrogens is 404 g/mol. The molecule has 4 rings (SSSR count). The maximum absolute atomic E-state index is 12.5. The summed E-state index contributed by atoms with van der Waals surface area (Å²) in [6.07, 6.45) is 0. The second kappa shape index (κ2) is 8.86. The lowest BCUT2D eigenvalue weighted by Gasteiger charge is -2.34. The minimum Gasteiger partial charge on any atom is -0.335 e. The first-order chi connectivity index (χ1) is 14.1. The Kier molecular flexibility index (Phi) is 6.03. The van der Waals surface area contributed by atoms with Crippen molar-refractivity contribution in [2.24, 2.45) is 0 Å². The van der Waals surface area contributed by atoms with Crippen LogP contribution in [-0.2, 0) is 4.79 Å². The summed E-state index contributed by atoms with van der Waals surface area (Å²) >= 11 is 3.08. The summed E-state index contributed by atoms with van der Waals surface area (Å²) in [4.78, 5) is 34.1. The van der Waals surface area contributed by atoms with Crippen LogP contribution >= 0.6 is 22.7 Å². The number of aromatic nitrogens is 1. The van der Waals surface area contributed by atoms with Crippen LogP contribution in [0.25, 0.3) is 11.3 Å². The van der Waals surface area contributed by atoms with E-state index in [2.05, 4.69) is 15.2 Å². The van der Waals surface area contributed by atoms with Crippen molar-refractivity contribution >= 4 is 40.2 Å². The van der Waals surface area contributed by atoms with Gasteiger partial charge in [-0.15, -0.1) is 22.7 Å². The maximum Gasteiger partial charge on any atom is 0.264 e. The van der Waals surface area contributed by atoms with Gasteiger partial charge in [-0.2, -0.15) is 0 Å². The molecule has 1 aliphatic rings. The number of rotatable bonds is 5. The minimum atomic E-state index is -0.0466. The average molecular weight is 427 g/mol. The summed E-state index contributed by atoms with van der Waals surface area (Å²) in [5.74, 6) is 0.0350. The number of benzene rings is 1. The van der Waals surface area contributed by atoms with Crippen molar-refractivity contribution in [3.05, 3.63) is 57.0 Å². The summed E-state index contributed by atoms with van der Waals surface area (Å²) in [6, 6.07) is 11.5. The number of thiophene rings is 1. The summed E-state index contributed by atoms with van der Waals surface area (Å²) in [7, 11) is 0. The van der Waals surface area contributed by atoms with Gasteiger partial charge in [-0.05, 0) is 30.5 Å². The molecule has 1 aliphatic heterocycles. The molecule has 2 aromatic heterocycles. The van der Waals surface area contributed by atoms with Crippen molar-refractivity contribution < 1.29 is 9.59 Å². The molecule has 6 nitrogen and oxygen atoms in total. The highest BCUT2D eigenvalue weighted by Crippen LogP contribution is 2.24. The zero-order valence-electron chi connectivity index (χ0n) is 16.1. The fourth-order valence-corrected chi connectivity index (χ4v) is 4.63. The van der Waals surface area contributed by atoms with Gasteiger partial charge in [0, 0.05) is 42.8 Å². The van der Waals surface area contributed by atoms with Crippen LogP contribution in [0, 0.1) is 6.92 Å². The van der Waals surface area contributed by atoms with Crippen molar-refractivity contribution in [2.45, 2.75) is 6.92 Å². The Labute approximate surface area is 177 Å². The molecule has 8 heteroatoms. The van der Waals surface area contributed by atoms with Gasteiger partial charge < -0.3 is 10.2 Å². The predicted molar refractivity (Wildman–Crippen MR) is 118 cm³/mol. The van der Waals surface area contributed by atoms with Crippen LogP contribution < -0.4 is 5.32 Å². The van der Waals surface area contributed by atoms with Gasteiger partial charge in [0.25, 0.3) is 5.91 Å². The molecule has 0 radical (unpaired) electrons. The molecular formula is C21H22N4O2S2. The van der Waals surface area contributed by atoms with E-state index in [1.807, 2.05) is 59.0 Å². The number of nitrogens with zero attached hydrogens (tertiary/aromatic N) is 3. The number of hydrogen-bond acceptors (Lipinski definition) is 6. The summed E-state index contributed by atoms with van der Waals surface area (Å²) in [5.41, 5.74) is 2.69. The van der Waals surface area contributed by atoms with Crippen LogP contribution in [0.15, 0.2) is 47.2 Å². The van der Waals surface area contributed by atoms with Gasteiger partial charge in [0.1, 0.15) is 0 Å². The second-order valence-corrected chi connectivity index (χ2v) is 8.94. The van der Waals surface area contributed by atoms with E-state index in [0.717, 1.165) is 26.8 Å². The van der Waals surface area contributed by atoms with Crippen LogP contribution in [0.3, 0.4) is 0 Å². The number of hydrogen-bond donors (Lipinski definition) is 1. The number of carbonyl (C=O) groups excluding carboxylic acids is 2. The van der Waals surface area contributed by atoms with Crippen molar-refractivity contribution in [1.82, 2.24) is 14.8 Å². The van der Waals surface area contributed by atoms with Crippen LogP contribution in [0.5, 0.6) is 0 Å². The Bertz CT molecular complexity index is 992. The molecule has 1 fully saturated rings. The first-order valence-corrected chi connectivity index (χ1v) is 11.2. The highest BCUT2D eigenvalue weighted by molar-refractivity contribution is 7.12. The van der Waals surface area contributed by atoms with Gasteiger partial charge >= 0.3 is 0 Å². The summed E-state index contributed by atoms with van der Waals surface area (Å²) in [5, 5.41) is 7.93. The second-order valence-electron chi connectivity index (χ2n) is 6.93. The van der Waals surface area contributed by atoms with Crippen LogP contribution in [0.1, 0.15) is 14.7 Å². The molecule has 3 heterocycles. The van der Waals surface area contributed by atoms with Gasteiger partial charge in [0.05, 0.1) is 22.1 Å². The maximum atomic E-state index is 12.5. The molecule has 0 atom stereocenters. The molecule has 0 aliphatic carbocycles. The number of piperazine rings is 1. The molecule has 150 valence electrons. The molecule has 1 N–H and O–H groups in total. The van der Waals surface area contributed by atoms with E-state index >= 15 is 0 Å². The van der Waals surface area contributed by atoms with E-state index < -0.39 is 0 Å². The first-order valence-electron chi connectivity index (χ1n) is 9.46. The highest BCUT2D eigenvalue weighted by atomic mass is 32.1. The van der Waals surface area contributed by atoms with Crippen molar-refractivity contribution in [3.63, 3.8) is 0 Å². The standard InChI is InChI=1S/C21H22N4O2S2/c1-15-22-18(14-29-15)16-4-2-5-17(12-16)23-20(26)13-24-7-9-25(10-8-24)21(27)19-6-3-11-28-19/h2-6,11-12,14H,7-10,13H2,1H3,(H,23,26). The predicted octanol–water partition coefficient (Wildman–Crippen LogP) is 3.58. The molecule has 2 amide bonds. The summed E-state index contributed by atoms with van der Waals surface area (Å²) in [6.45, 7) is 4.98. The van der Waals surface area contributed by atoms with E-state index in [4.69, 9.17) is 0 Å². The van der Waals surface area contributed by atoms with Crippen molar-refractivity contribution in [3.8, 4) is 11.3 Å². The molecule has 29 heavy (non-hydrogen) atoms. The molecule has 0 spiro atoms. The van der Waals surface area contributed by atoms with Gasteiger partial charge in [0.15, 0.2) is 0 Å². The third kappa shape index (κ3) is 4.90. The minimum absolute atomic E-state index is 0.0466. The fourth-order valence-electron chi connectivity index (χ4n) is 3.32. The fraction of sp³-hybridized carbons (Fsp3) is 0.286. The topological polar surface area (TPSA) is 65.5 Å². The number of thiazole rings is 1. The van der Waals surface area contributed by atoms with Crippen LogP contribution in [0.4, 0.5) is 5.69 Å². The third-order valence-corrected chi connectivity index (χ3v) is 6.45. The Morgan fingerprint density at radius 1 is 1.10 bits per heavy atom. The Balaban J connectivity index is 1.29. The van der Waals surface area contributed by atoms with Crippen molar-refractivity contribution in [2.75, 3.05) is 38.0 Å². The normalized spacial score (nSPS) is 14.7. The zero-order chi connectivity index (χ0) is 20.2. The van der Waals surface area contributed by atoms with E-state index in [9.17, 15) is 9.59 Å². The lowest BCUT2D eigenvalue weighted by atomic mass is 10.1. The van der Waals surface area contributed by atoms with E-state index in [1.165, 1.54) is 11.3 Å². The van der Waals surface area contributed by atoms with E-state index in [1.54, 1.807) is 11.3 Å². The number of nitrogens with one attached hydrogen (secondary N) is 1. The highest BCUT2D eigenvalue weighted by Gasteiger charge is 2.23. The Morgan fingerprint density at radius 3 is 2.62 bits per heavy atom. The number of anilines is 1. The molecule has 0 saturated carbocycles. The lowest BCUT2D eigenvalue weighted by Crippen LogP contribution is -2.50. The largest absolute Gasteiger partial charge is 0.335 e. The van der Waals surface area contributed by atoms with Crippen molar-refractivity contribution in [1.29, 1.82) is 0 Å². The number of amides is 2. The molecule has 0 unspecified atom stereocenters. The molecule has 1 aromatic carbocycles. The van der Waals surface area contributed by atoms with Gasteiger partial charge in [-0.1, -0.05) is 18.2 Å².